The van der Waals surface area contributed by atoms with Crippen LogP contribution in [0.3, 0.4) is 0 Å². The Morgan fingerprint density at radius 1 is 1.50 bits per heavy atom. The molecule has 0 bridgehead atoms. The van der Waals surface area contributed by atoms with Crippen LogP contribution < -0.4 is 5.32 Å². The second kappa shape index (κ2) is 8.15. The van der Waals surface area contributed by atoms with Crippen LogP contribution in [0.15, 0.2) is 24.3 Å². The lowest BCUT2D eigenvalue weighted by atomic mass is 10.2. The van der Waals surface area contributed by atoms with E-state index >= 15 is 0 Å². The predicted octanol–water partition coefficient (Wildman–Crippen LogP) is 1.66. The first-order valence-electron chi connectivity index (χ1n) is 5.80. The van der Waals surface area contributed by atoms with Gasteiger partial charge in [-0.1, -0.05) is 12.0 Å². The number of terminal acetylenes is 1. The van der Waals surface area contributed by atoms with Crippen molar-refractivity contribution >= 4 is 11.7 Å². The summed E-state index contributed by atoms with van der Waals surface area (Å²) in [6, 6.07) is 7.55. The molecule has 0 aliphatic carbocycles. The van der Waals surface area contributed by atoms with Crippen molar-refractivity contribution in [1.82, 2.24) is 0 Å². The highest BCUT2D eigenvalue weighted by Gasteiger charge is 2.00. The third-order valence-corrected chi connectivity index (χ3v) is 2.13. The number of esters is 1. The Bertz CT molecular complexity index is 423. The molecule has 0 saturated carbocycles. The summed E-state index contributed by atoms with van der Waals surface area (Å²) < 4.78 is 9.88. The normalized spacial score (nSPS) is 9.56. The van der Waals surface area contributed by atoms with Gasteiger partial charge in [-0.3, -0.25) is 0 Å². The molecule has 1 aromatic carbocycles. The fourth-order valence-electron chi connectivity index (χ4n) is 1.34. The lowest BCUT2D eigenvalue weighted by molar-refractivity contribution is -0.148. The van der Waals surface area contributed by atoms with Gasteiger partial charge in [-0.2, -0.15) is 0 Å². The molecule has 0 radical (unpaired) electrons. The van der Waals surface area contributed by atoms with Gasteiger partial charge in [-0.25, -0.2) is 4.79 Å². The first-order chi connectivity index (χ1) is 8.76. The Labute approximate surface area is 107 Å². The average Bonchev–Trinajstić information content (AvgIpc) is 2.39. The maximum atomic E-state index is 11.0. The fraction of sp³-hybridized carbons (Fsp3) is 0.357. The van der Waals surface area contributed by atoms with Crippen LogP contribution in [0, 0.1) is 12.3 Å². The van der Waals surface area contributed by atoms with Gasteiger partial charge in [-0.05, 0) is 25.1 Å². The van der Waals surface area contributed by atoms with Gasteiger partial charge in [0.2, 0.25) is 0 Å². The minimum atomic E-state index is -0.341. The van der Waals surface area contributed by atoms with Crippen molar-refractivity contribution in [2.24, 2.45) is 0 Å². The van der Waals surface area contributed by atoms with Crippen LogP contribution in [0.25, 0.3) is 0 Å². The van der Waals surface area contributed by atoms with Gasteiger partial charge in [-0.15, -0.1) is 6.42 Å². The zero-order valence-corrected chi connectivity index (χ0v) is 10.4. The second-order valence-electron chi connectivity index (χ2n) is 3.51. The standard InChI is InChI=1S/C14H17NO3/c1-3-12-6-5-7-13(10-12)15-8-9-17-11-14(16)18-4-2/h1,5-7,10,15H,4,8-9,11H2,2H3. The summed E-state index contributed by atoms with van der Waals surface area (Å²) in [7, 11) is 0. The number of benzene rings is 1. The SMILES string of the molecule is C#Cc1cccc(NCCOCC(=O)OCC)c1. The minimum absolute atomic E-state index is 0.0140. The summed E-state index contributed by atoms with van der Waals surface area (Å²) in [4.78, 5) is 11.0. The van der Waals surface area contributed by atoms with Crippen LogP contribution in [0.5, 0.6) is 0 Å². The third kappa shape index (κ3) is 5.37. The summed E-state index contributed by atoms with van der Waals surface area (Å²) >= 11 is 0. The molecule has 0 heterocycles. The van der Waals surface area contributed by atoms with E-state index in [0.29, 0.717) is 19.8 Å². The van der Waals surface area contributed by atoms with E-state index in [1.54, 1.807) is 6.92 Å². The van der Waals surface area contributed by atoms with Gasteiger partial charge in [0.25, 0.3) is 0 Å². The number of carbonyl (C=O) groups is 1. The van der Waals surface area contributed by atoms with Crippen molar-refractivity contribution < 1.29 is 14.3 Å². The van der Waals surface area contributed by atoms with Crippen LogP contribution in [-0.2, 0) is 14.3 Å². The molecule has 0 spiro atoms. The molecule has 0 unspecified atom stereocenters. The number of hydrogen-bond acceptors (Lipinski definition) is 4. The molecule has 0 amide bonds. The molecule has 1 N–H and O–H groups in total. The first-order valence-corrected chi connectivity index (χ1v) is 5.80. The van der Waals surface area contributed by atoms with Crippen LogP contribution >= 0.6 is 0 Å². The Morgan fingerprint density at radius 3 is 3.06 bits per heavy atom. The van der Waals surface area contributed by atoms with Crippen molar-refractivity contribution in [2.45, 2.75) is 6.92 Å². The number of anilines is 1. The molecule has 4 nitrogen and oxygen atoms in total. The lowest BCUT2D eigenvalue weighted by Gasteiger charge is -2.07. The van der Waals surface area contributed by atoms with Crippen molar-refractivity contribution in [3.8, 4) is 12.3 Å². The maximum Gasteiger partial charge on any atom is 0.332 e. The summed E-state index contributed by atoms with van der Waals surface area (Å²) in [5.74, 6) is 2.22. The minimum Gasteiger partial charge on any atom is -0.464 e. The van der Waals surface area contributed by atoms with E-state index < -0.39 is 0 Å². The number of rotatable bonds is 7. The second-order valence-corrected chi connectivity index (χ2v) is 3.51. The van der Waals surface area contributed by atoms with Crippen molar-refractivity contribution in [3.63, 3.8) is 0 Å². The van der Waals surface area contributed by atoms with Gasteiger partial charge in [0, 0.05) is 17.8 Å². The van der Waals surface area contributed by atoms with Crippen LogP contribution in [0.2, 0.25) is 0 Å². The fourth-order valence-corrected chi connectivity index (χ4v) is 1.34. The number of hydrogen-bond donors (Lipinski definition) is 1. The topological polar surface area (TPSA) is 47.6 Å². The smallest absolute Gasteiger partial charge is 0.332 e. The van der Waals surface area contributed by atoms with Crippen molar-refractivity contribution in [2.75, 3.05) is 31.7 Å². The highest BCUT2D eigenvalue weighted by molar-refractivity contribution is 5.70. The molecule has 0 aliphatic rings. The van der Waals surface area contributed by atoms with Gasteiger partial charge in [0.05, 0.1) is 13.2 Å². The van der Waals surface area contributed by atoms with E-state index in [4.69, 9.17) is 15.9 Å². The zero-order valence-electron chi connectivity index (χ0n) is 10.4. The molecule has 18 heavy (non-hydrogen) atoms. The van der Waals surface area contributed by atoms with E-state index in [0.717, 1.165) is 11.3 Å². The molecule has 4 heteroatoms. The zero-order chi connectivity index (χ0) is 13.2. The molecule has 0 aliphatic heterocycles. The summed E-state index contributed by atoms with van der Waals surface area (Å²) in [5.41, 5.74) is 1.76. The van der Waals surface area contributed by atoms with E-state index in [2.05, 4.69) is 11.2 Å². The Hall–Kier alpha value is -1.99. The maximum absolute atomic E-state index is 11.0. The quantitative estimate of drug-likeness (QED) is 0.452. The van der Waals surface area contributed by atoms with E-state index in [1.807, 2.05) is 24.3 Å². The first kappa shape index (κ1) is 14.1. The summed E-state index contributed by atoms with van der Waals surface area (Å²) in [5, 5.41) is 3.15. The Balaban J connectivity index is 2.18. The van der Waals surface area contributed by atoms with E-state index in [1.165, 1.54) is 0 Å². The summed E-state index contributed by atoms with van der Waals surface area (Å²) in [6.45, 7) is 3.16. The molecule has 0 saturated heterocycles. The van der Waals surface area contributed by atoms with Crippen molar-refractivity contribution in [1.29, 1.82) is 0 Å². The molecule has 1 aromatic rings. The number of ether oxygens (including phenoxy) is 2. The molecular weight excluding hydrogens is 230 g/mol. The summed E-state index contributed by atoms with van der Waals surface area (Å²) in [6.07, 6.45) is 5.30. The number of carbonyl (C=O) groups excluding carboxylic acids is 1. The Kier molecular flexibility index (Phi) is 6.37. The Morgan fingerprint density at radius 2 is 2.33 bits per heavy atom. The van der Waals surface area contributed by atoms with Crippen LogP contribution in [0.4, 0.5) is 5.69 Å². The predicted molar refractivity (Wildman–Crippen MR) is 70.3 cm³/mol. The van der Waals surface area contributed by atoms with Crippen molar-refractivity contribution in [3.05, 3.63) is 29.8 Å². The molecule has 1 rings (SSSR count). The van der Waals surface area contributed by atoms with Gasteiger partial charge >= 0.3 is 5.97 Å². The monoisotopic (exact) mass is 247 g/mol. The van der Waals surface area contributed by atoms with Crippen LogP contribution in [0.1, 0.15) is 12.5 Å². The molecular formula is C14H17NO3. The van der Waals surface area contributed by atoms with E-state index in [9.17, 15) is 4.79 Å². The highest BCUT2D eigenvalue weighted by atomic mass is 16.6. The number of nitrogens with one attached hydrogen (secondary N) is 1. The van der Waals surface area contributed by atoms with Crippen LogP contribution in [-0.4, -0.2) is 32.3 Å². The molecule has 96 valence electrons. The largest absolute Gasteiger partial charge is 0.464 e. The molecule has 0 fully saturated rings. The highest BCUT2D eigenvalue weighted by Crippen LogP contribution is 2.08. The molecule has 0 aromatic heterocycles. The van der Waals surface area contributed by atoms with Gasteiger partial charge in [0.1, 0.15) is 6.61 Å². The average molecular weight is 247 g/mol. The van der Waals surface area contributed by atoms with Gasteiger partial charge < -0.3 is 14.8 Å². The lowest BCUT2D eigenvalue weighted by Crippen LogP contribution is -2.16. The van der Waals surface area contributed by atoms with Gasteiger partial charge in [0.15, 0.2) is 0 Å². The van der Waals surface area contributed by atoms with E-state index in [-0.39, 0.29) is 12.6 Å². The third-order valence-electron chi connectivity index (χ3n) is 2.13. The molecule has 0 atom stereocenters.